The minimum atomic E-state index is -0.459. The first-order valence-electron chi connectivity index (χ1n) is 9.24. The van der Waals surface area contributed by atoms with E-state index in [0.29, 0.717) is 22.6 Å². The fourth-order valence-electron chi connectivity index (χ4n) is 2.77. The van der Waals surface area contributed by atoms with Gasteiger partial charge in [-0.15, -0.1) is 5.10 Å². The van der Waals surface area contributed by atoms with Crippen molar-refractivity contribution in [3.05, 3.63) is 69.5 Å². The van der Waals surface area contributed by atoms with E-state index in [1.807, 2.05) is 19.1 Å². The first kappa shape index (κ1) is 22.2. The second kappa shape index (κ2) is 9.52. The Morgan fingerprint density at radius 2 is 1.77 bits per heavy atom. The Kier molecular flexibility index (Phi) is 6.81. The third-order valence-electron chi connectivity index (χ3n) is 4.45. The fourth-order valence-corrected chi connectivity index (χ4v) is 3.36. The van der Waals surface area contributed by atoms with Crippen molar-refractivity contribution in [1.29, 1.82) is 0 Å². The molecule has 160 valence electrons. The van der Waals surface area contributed by atoms with Crippen molar-refractivity contribution in [2.75, 3.05) is 17.7 Å². The molecule has 3 aromatic rings. The highest BCUT2D eigenvalue weighted by molar-refractivity contribution is 9.10. The molecule has 2 amide bonds. The van der Waals surface area contributed by atoms with Crippen molar-refractivity contribution in [3.8, 4) is 0 Å². The van der Waals surface area contributed by atoms with Crippen molar-refractivity contribution in [3.63, 3.8) is 0 Å². The number of nitrogens with zero attached hydrogens (tertiary/aromatic N) is 3. The number of aryl methyl sites for hydroxylation is 1. The first-order valence-corrected chi connectivity index (χ1v) is 10.0. The van der Waals surface area contributed by atoms with Crippen LogP contribution < -0.4 is 10.6 Å². The zero-order chi connectivity index (χ0) is 22.5. The maximum atomic E-state index is 12.6. The van der Waals surface area contributed by atoms with Crippen molar-refractivity contribution in [1.82, 2.24) is 15.0 Å². The molecule has 10 heteroatoms. The number of benzene rings is 2. The molecule has 2 aromatic carbocycles. The molecule has 0 spiro atoms. The molecule has 0 aliphatic rings. The molecule has 0 fully saturated rings. The van der Waals surface area contributed by atoms with Crippen LogP contribution in [0.4, 0.5) is 11.4 Å². The molecule has 0 aliphatic heterocycles. The second-order valence-corrected chi connectivity index (χ2v) is 7.59. The molecule has 0 radical (unpaired) electrons. The molecule has 1 aromatic heterocycles. The molecule has 0 bridgehead atoms. The van der Waals surface area contributed by atoms with Gasteiger partial charge in [0.25, 0.3) is 5.91 Å². The van der Waals surface area contributed by atoms with E-state index in [0.717, 1.165) is 10.0 Å². The molecule has 3 rings (SSSR count). The van der Waals surface area contributed by atoms with Gasteiger partial charge in [0.2, 0.25) is 5.91 Å². The number of carbonyl (C=O) groups excluding carboxylic acids is 3. The number of ether oxygens (including phenoxy) is 1. The van der Waals surface area contributed by atoms with Crippen molar-refractivity contribution in [2.24, 2.45) is 0 Å². The Morgan fingerprint density at radius 1 is 1.06 bits per heavy atom. The molecule has 0 saturated heterocycles. The zero-order valence-electron chi connectivity index (χ0n) is 17.1. The summed E-state index contributed by atoms with van der Waals surface area (Å²) < 4.78 is 6.74. The fraction of sp³-hybridized carbons (Fsp3) is 0.190. The van der Waals surface area contributed by atoms with E-state index in [1.54, 1.807) is 37.3 Å². The van der Waals surface area contributed by atoms with Gasteiger partial charge in [0.15, 0.2) is 5.69 Å². The smallest absolute Gasteiger partial charge is 0.337 e. The van der Waals surface area contributed by atoms with Gasteiger partial charge in [-0.3, -0.25) is 9.59 Å². The first-order chi connectivity index (χ1) is 14.8. The van der Waals surface area contributed by atoms with Crippen LogP contribution in [-0.4, -0.2) is 39.9 Å². The summed E-state index contributed by atoms with van der Waals surface area (Å²) in [7, 11) is 1.30. The average Bonchev–Trinajstić information content (AvgIpc) is 3.10. The van der Waals surface area contributed by atoms with Crippen LogP contribution in [0.2, 0.25) is 0 Å². The maximum Gasteiger partial charge on any atom is 0.337 e. The van der Waals surface area contributed by atoms with Crippen LogP contribution in [0.5, 0.6) is 0 Å². The van der Waals surface area contributed by atoms with Crippen molar-refractivity contribution in [2.45, 2.75) is 20.4 Å². The zero-order valence-corrected chi connectivity index (χ0v) is 18.7. The number of hydrogen-bond acceptors (Lipinski definition) is 6. The van der Waals surface area contributed by atoms with Crippen molar-refractivity contribution >= 4 is 45.1 Å². The topological polar surface area (TPSA) is 115 Å². The van der Waals surface area contributed by atoms with E-state index in [1.165, 1.54) is 11.8 Å². The van der Waals surface area contributed by atoms with Gasteiger partial charge in [-0.25, -0.2) is 9.48 Å². The summed E-state index contributed by atoms with van der Waals surface area (Å²) in [6, 6.07) is 11.8. The Bertz CT molecular complexity index is 1140. The lowest BCUT2D eigenvalue weighted by Crippen LogP contribution is -2.21. The standard InChI is InChI=1S/C21H20BrN5O4/c1-12-4-9-17(16(22)10-12)24-20(29)19-13(2)27(26-25-19)11-18(28)23-15-7-5-14(6-8-15)21(30)31-3/h4-10H,11H2,1-3H3,(H,23,28)(H,24,29). The summed E-state index contributed by atoms with van der Waals surface area (Å²) in [5.41, 5.74) is 3.14. The Morgan fingerprint density at radius 3 is 2.42 bits per heavy atom. The third kappa shape index (κ3) is 5.34. The van der Waals surface area contributed by atoms with Gasteiger partial charge in [-0.1, -0.05) is 11.3 Å². The largest absolute Gasteiger partial charge is 0.465 e. The Labute approximate surface area is 186 Å². The Balaban J connectivity index is 1.64. The van der Waals surface area contributed by atoms with E-state index < -0.39 is 11.9 Å². The maximum absolute atomic E-state index is 12.6. The highest BCUT2D eigenvalue weighted by atomic mass is 79.9. The molecule has 0 atom stereocenters. The lowest BCUT2D eigenvalue weighted by atomic mass is 10.2. The van der Waals surface area contributed by atoms with E-state index in [2.05, 4.69) is 41.6 Å². The molecule has 0 saturated carbocycles. The summed E-state index contributed by atoms with van der Waals surface area (Å²) in [6.07, 6.45) is 0. The molecule has 31 heavy (non-hydrogen) atoms. The number of methoxy groups -OCH3 is 1. The predicted octanol–water partition coefficient (Wildman–Crippen LogP) is 3.34. The van der Waals surface area contributed by atoms with E-state index >= 15 is 0 Å². The van der Waals surface area contributed by atoms with Gasteiger partial charge < -0.3 is 15.4 Å². The molecule has 9 nitrogen and oxygen atoms in total. The minimum Gasteiger partial charge on any atom is -0.465 e. The predicted molar refractivity (Wildman–Crippen MR) is 118 cm³/mol. The lowest BCUT2D eigenvalue weighted by molar-refractivity contribution is -0.117. The lowest BCUT2D eigenvalue weighted by Gasteiger charge is -2.08. The van der Waals surface area contributed by atoms with Gasteiger partial charge in [0.1, 0.15) is 6.54 Å². The number of esters is 1. The quantitative estimate of drug-likeness (QED) is 0.517. The summed E-state index contributed by atoms with van der Waals surface area (Å²) in [5, 5.41) is 13.3. The van der Waals surface area contributed by atoms with E-state index in [-0.39, 0.29) is 18.1 Å². The number of nitrogens with one attached hydrogen (secondary N) is 2. The van der Waals surface area contributed by atoms with Crippen LogP contribution in [-0.2, 0) is 16.1 Å². The average molecular weight is 486 g/mol. The van der Waals surface area contributed by atoms with Crippen LogP contribution in [0.1, 0.15) is 32.1 Å². The van der Waals surface area contributed by atoms with Gasteiger partial charge in [-0.2, -0.15) is 0 Å². The van der Waals surface area contributed by atoms with E-state index in [9.17, 15) is 14.4 Å². The molecule has 0 aliphatic carbocycles. The number of carbonyl (C=O) groups is 3. The van der Waals surface area contributed by atoms with E-state index in [4.69, 9.17) is 0 Å². The van der Waals surface area contributed by atoms with Gasteiger partial charge in [0.05, 0.1) is 24.1 Å². The van der Waals surface area contributed by atoms with Crippen LogP contribution in [0.15, 0.2) is 46.9 Å². The molecule has 1 heterocycles. The van der Waals surface area contributed by atoms with Crippen LogP contribution in [0, 0.1) is 13.8 Å². The highest BCUT2D eigenvalue weighted by Gasteiger charge is 2.19. The summed E-state index contributed by atoms with van der Waals surface area (Å²) in [5.74, 6) is -1.24. The molecule has 0 unspecified atom stereocenters. The molecular formula is C21H20BrN5O4. The highest BCUT2D eigenvalue weighted by Crippen LogP contribution is 2.24. The number of rotatable bonds is 6. The summed E-state index contributed by atoms with van der Waals surface area (Å²) in [4.78, 5) is 36.4. The number of hydrogen-bond donors (Lipinski definition) is 2. The van der Waals surface area contributed by atoms with Crippen LogP contribution in [0.3, 0.4) is 0 Å². The molecule has 2 N–H and O–H groups in total. The van der Waals surface area contributed by atoms with Crippen LogP contribution >= 0.6 is 15.9 Å². The number of aromatic nitrogens is 3. The van der Waals surface area contributed by atoms with Crippen molar-refractivity contribution < 1.29 is 19.1 Å². The second-order valence-electron chi connectivity index (χ2n) is 6.74. The molecular weight excluding hydrogens is 466 g/mol. The third-order valence-corrected chi connectivity index (χ3v) is 5.11. The minimum absolute atomic E-state index is 0.126. The number of anilines is 2. The van der Waals surface area contributed by atoms with Crippen LogP contribution in [0.25, 0.3) is 0 Å². The number of halogens is 1. The number of amides is 2. The normalized spacial score (nSPS) is 10.5. The Hall–Kier alpha value is -3.53. The summed E-state index contributed by atoms with van der Waals surface area (Å²) >= 11 is 3.42. The van der Waals surface area contributed by atoms with Gasteiger partial charge in [-0.05, 0) is 71.7 Å². The summed E-state index contributed by atoms with van der Waals surface area (Å²) in [6.45, 7) is 3.49. The monoisotopic (exact) mass is 485 g/mol. The van der Waals surface area contributed by atoms with Gasteiger partial charge in [0, 0.05) is 10.2 Å². The van der Waals surface area contributed by atoms with Gasteiger partial charge >= 0.3 is 5.97 Å². The SMILES string of the molecule is COC(=O)c1ccc(NC(=O)Cn2nnc(C(=O)Nc3ccc(C)cc3Br)c2C)cc1.